The van der Waals surface area contributed by atoms with Crippen LogP contribution in [0.5, 0.6) is 0 Å². The van der Waals surface area contributed by atoms with Gasteiger partial charge in [0.15, 0.2) is 5.82 Å². The number of aromatic nitrogens is 4. The molecule has 0 saturated carbocycles. The quantitative estimate of drug-likeness (QED) is 0.916. The predicted molar refractivity (Wildman–Crippen MR) is 74.4 cm³/mol. The third-order valence-corrected chi connectivity index (χ3v) is 3.38. The Morgan fingerprint density at radius 2 is 2.25 bits per heavy atom. The smallest absolute Gasteiger partial charge is 0.303 e. The van der Waals surface area contributed by atoms with E-state index in [2.05, 4.69) is 15.5 Å². The summed E-state index contributed by atoms with van der Waals surface area (Å²) in [6, 6.07) is 5.55. The molecule has 0 fully saturated rings. The molecule has 0 spiro atoms. The molecule has 2 aromatic rings. The van der Waals surface area contributed by atoms with Crippen LogP contribution in [0.15, 0.2) is 18.2 Å². The molecule has 0 aliphatic carbocycles. The molecule has 6 nitrogen and oxygen atoms in total. The maximum atomic E-state index is 10.7. The highest BCUT2D eigenvalue weighted by molar-refractivity contribution is 6.31. The molecular formula is C13H15ClN4O2. The topological polar surface area (TPSA) is 80.9 Å². The van der Waals surface area contributed by atoms with Crippen molar-refractivity contribution in [3.8, 4) is 11.4 Å². The molecule has 106 valence electrons. The van der Waals surface area contributed by atoms with Gasteiger partial charge in [0.1, 0.15) is 0 Å². The Labute approximate surface area is 121 Å². The van der Waals surface area contributed by atoms with Gasteiger partial charge in [-0.25, -0.2) is 4.68 Å². The van der Waals surface area contributed by atoms with E-state index in [0.717, 1.165) is 11.1 Å². The Hall–Kier alpha value is -1.95. The summed E-state index contributed by atoms with van der Waals surface area (Å²) in [7, 11) is 0. The van der Waals surface area contributed by atoms with Crippen LogP contribution in [0.3, 0.4) is 0 Å². The average molecular weight is 295 g/mol. The van der Waals surface area contributed by atoms with Crippen molar-refractivity contribution < 1.29 is 9.90 Å². The normalized spacial score (nSPS) is 12.3. The monoisotopic (exact) mass is 294 g/mol. The Morgan fingerprint density at radius 1 is 1.50 bits per heavy atom. The number of carboxylic acid groups (broad SMARTS) is 1. The van der Waals surface area contributed by atoms with E-state index in [-0.39, 0.29) is 12.3 Å². The Morgan fingerprint density at radius 3 is 2.90 bits per heavy atom. The molecule has 1 heterocycles. The molecule has 1 aromatic heterocycles. The predicted octanol–water partition coefficient (Wildman–Crippen LogP) is 2.41. The van der Waals surface area contributed by atoms with Crippen LogP contribution >= 0.6 is 11.6 Å². The Bertz CT molecular complexity index is 627. The zero-order valence-corrected chi connectivity index (χ0v) is 12.0. The molecule has 1 unspecified atom stereocenters. The maximum absolute atomic E-state index is 10.7. The molecule has 1 atom stereocenters. The lowest BCUT2D eigenvalue weighted by Crippen LogP contribution is -2.14. The largest absolute Gasteiger partial charge is 0.481 e. The van der Waals surface area contributed by atoms with Gasteiger partial charge in [-0.1, -0.05) is 18.5 Å². The van der Waals surface area contributed by atoms with E-state index in [9.17, 15) is 4.79 Å². The first kappa shape index (κ1) is 14.5. The summed E-state index contributed by atoms with van der Waals surface area (Å²) < 4.78 is 1.62. The van der Waals surface area contributed by atoms with Gasteiger partial charge in [-0.05, 0) is 47.0 Å². The van der Waals surface area contributed by atoms with Crippen molar-refractivity contribution in [2.45, 2.75) is 26.8 Å². The highest BCUT2D eigenvalue weighted by atomic mass is 35.5. The van der Waals surface area contributed by atoms with E-state index in [1.165, 1.54) is 0 Å². The summed E-state index contributed by atoms with van der Waals surface area (Å²) >= 11 is 6.00. The van der Waals surface area contributed by atoms with Crippen molar-refractivity contribution in [2.24, 2.45) is 5.92 Å². The summed E-state index contributed by atoms with van der Waals surface area (Å²) in [5.41, 5.74) is 1.80. The van der Waals surface area contributed by atoms with Gasteiger partial charge in [0, 0.05) is 23.6 Å². The minimum Gasteiger partial charge on any atom is -0.481 e. The first-order valence-electron chi connectivity index (χ1n) is 6.22. The number of aliphatic carboxylic acids is 1. The first-order chi connectivity index (χ1) is 9.47. The lowest BCUT2D eigenvalue weighted by molar-refractivity contribution is -0.138. The van der Waals surface area contributed by atoms with E-state index >= 15 is 0 Å². The summed E-state index contributed by atoms with van der Waals surface area (Å²) in [4.78, 5) is 10.7. The number of tetrazole rings is 1. The van der Waals surface area contributed by atoms with E-state index in [4.69, 9.17) is 16.7 Å². The second-order valence-corrected chi connectivity index (χ2v) is 5.26. The van der Waals surface area contributed by atoms with Crippen LogP contribution in [0.25, 0.3) is 11.4 Å². The number of aryl methyl sites for hydroxylation is 1. The van der Waals surface area contributed by atoms with Crippen LogP contribution in [0.4, 0.5) is 0 Å². The lowest BCUT2D eigenvalue weighted by Gasteiger charge is -2.10. The van der Waals surface area contributed by atoms with E-state index < -0.39 is 5.97 Å². The van der Waals surface area contributed by atoms with Gasteiger partial charge < -0.3 is 5.11 Å². The van der Waals surface area contributed by atoms with Crippen LogP contribution in [0.1, 0.15) is 18.9 Å². The number of hydrogen-bond donors (Lipinski definition) is 1. The number of benzene rings is 1. The van der Waals surface area contributed by atoms with Crippen LogP contribution in [-0.4, -0.2) is 31.3 Å². The first-order valence-corrected chi connectivity index (χ1v) is 6.59. The highest BCUT2D eigenvalue weighted by Crippen LogP contribution is 2.23. The lowest BCUT2D eigenvalue weighted by atomic mass is 10.1. The molecule has 7 heteroatoms. The van der Waals surface area contributed by atoms with Gasteiger partial charge in [-0.15, -0.1) is 5.10 Å². The fourth-order valence-electron chi connectivity index (χ4n) is 1.98. The van der Waals surface area contributed by atoms with E-state index in [1.807, 2.05) is 26.0 Å². The minimum atomic E-state index is -0.825. The van der Waals surface area contributed by atoms with Crippen molar-refractivity contribution in [1.82, 2.24) is 20.2 Å². The third-order valence-electron chi connectivity index (χ3n) is 2.96. The standard InChI is InChI=1S/C13H15ClN4O2/c1-8(5-12(19)20)7-18-13(15-16-17-18)10-3-4-11(14)9(2)6-10/h3-4,6,8H,5,7H2,1-2H3,(H,19,20). The Kier molecular flexibility index (Phi) is 4.34. The molecule has 0 aliphatic heterocycles. The molecule has 20 heavy (non-hydrogen) atoms. The van der Waals surface area contributed by atoms with E-state index in [1.54, 1.807) is 10.7 Å². The van der Waals surface area contributed by atoms with Gasteiger partial charge in [0.2, 0.25) is 0 Å². The highest BCUT2D eigenvalue weighted by Gasteiger charge is 2.14. The van der Waals surface area contributed by atoms with Gasteiger partial charge in [0.25, 0.3) is 0 Å². The van der Waals surface area contributed by atoms with Crippen molar-refractivity contribution in [3.63, 3.8) is 0 Å². The second-order valence-electron chi connectivity index (χ2n) is 4.85. The fraction of sp³-hybridized carbons (Fsp3) is 0.385. The zero-order chi connectivity index (χ0) is 14.7. The van der Waals surface area contributed by atoms with Crippen LogP contribution in [-0.2, 0) is 11.3 Å². The van der Waals surface area contributed by atoms with Crippen molar-refractivity contribution >= 4 is 17.6 Å². The van der Waals surface area contributed by atoms with Crippen LogP contribution < -0.4 is 0 Å². The zero-order valence-electron chi connectivity index (χ0n) is 11.2. The SMILES string of the molecule is Cc1cc(-c2nnnn2CC(C)CC(=O)O)ccc1Cl. The molecule has 2 rings (SSSR count). The number of halogens is 1. The molecule has 1 N–H and O–H groups in total. The maximum Gasteiger partial charge on any atom is 0.303 e. The third kappa shape index (κ3) is 3.33. The molecule has 1 aromatic carbocycles. The number of carbonyl (C=O) groups is 1. The molecule has 0 bridgehead atoms. The van der Waals surface area contributed by atoms with Crippen molar-refractivity contribution in [1.29, 1.82) is 0 Å². The molecule has 0 saturated heterocycles. The molecule has 0 radical (unpaired) electrons. The number of nitrogens with zero attached hydrogens (tertiary/aromatic N) is 4. The molecular weight excluding hydrogens is 280 g/mol. The average Bonchev–Trinajstić information content (AvgIpc) is 2.79. The van der Waals surface area contributed by atoms with Gasteiger partial charge in [0.05, 0.1) is 0 Å². The number of carboxylic acids is 1. The summed E-state index contributed by atoms with van der Waals surface area (Å²) in [5, 5.41) is 21.1. The summed E-state index contributed by atoms with van der Waals surface area (Å²) in [5.74, 6) is -0.264. The number of rotatable bonds is 5. The summed E-state index contributed by atoms with van der Waals surface area (Å²) in [6.45, 7) is 4.22. The van der Waals surface area contributed by atoms with Crippen LogP contribution in [0.2, 0.25) is 5.02 Å². The Balaban J connectivity index is 2.23. The van der Waals surface area contributed by atoms with Gasteiger partial charge in [-0.3, -0.25) is 4.79 Å². The molecule has 0 amide bonds. The second kappa shape index (κ2) is 6.00. The van der Waals surface area contributed by atoms with Gasteiger partial charge >= 0.3 is 5.97 Å². The molecule has 0 aliphatic rings. The summed E-state index contributed by atoms with van der Waals surface area (Å²) in [6.07, 6.45) is 0.0823. The van der Waals surface area contributed by atoms with Gasteiger partial charge in [-0.2, -0.15) is 0 Å². The minimum absolute atomic E-state index is 0.0526. The van der Waals surface area contributed by atoms with Crippen LogP contribution in [0, 0.1) is 12.8 Å². The number of hydrogen-bond acceptors (Lipinski definition) is 4. The van der Waals surface area contributed by atoms with E-state index in [0.29, 0.717) is 17.4 Å². The van der Waals surface area contributed by atoms with Crippen molar-refractivity contribution in [2.75, 3.05) is 0 Å². The fourth-order valence-corrected chi connectivity index (χ4v) is 2.09. The van der Waals surface area contributed by atoms with Crippen molar-refractivity contribution in [3.05, 3.63) is 28.8 Å².